The molecule has 1 saturated heterocycles. The van der Waals surface area contributed by atoms with Gasteiger partial charge in [-0.05, 0) is 70.5 Å². The van der Waals surface area contributed by atoms with Crippen LogP contribution in [0.2, 0.25) is 0 Å². The van der Waals surface area contributed by atoms with E-state index in [1.807, 2.05) is 20.2 Å². The SMILES string of the molecule is CN(C)C1CCN(c2cnc(Nc3ncc(-c4ccnc(OC5CCC6(CC5)CC6)n4)s3)nc2)C(=O)C1. The Kier molecular flexibility index (Phi) is 6.49. The molecule has 1 atom stereocenters. The third-order valence-electron chi connectivity index (χ3n) is 7.91. The standard InChI is InChI=1S/C26H32N8O2S/c1-33(2)17-6-12-34(22(35)13-17)18-14-28-23(29-15-18)32-25-30-16-21(37-25)20-5-11-27-24(31-20)36-19-3-7-26(8-4-19)9-10-26/h5,11,14-17,19H,3-4,6-10,12-13H2,1-2H3,(H,28,29,30,32). The Morgan fingerprint density at radius 1 is 1.05 bits per heavy atom. The van der Waals surface area contributed by atoms with Crippen LogP contribution < -0.4 is 15.0 Å². The number of carbonyl (C=O) groups excluding carboxylic acids is 1. The highest BCUT2D eigenvalue weighted by molar-refractivity contribution is 7.18. The number of aromatic nitrogens is 5. The summed E-state index contributed by atoms with van der Waals surface area (Å²) >= 11 is 1.46. The second kappa shape index (κ2) is 9.94. The molecule has 3 fully saturated rings. The van der Waals surface area contributed by atoms with Gasteiger partial charge in [0.05, 0.1) is 28.7 Å². The third-order valence-corrected chi connectivity index (χ3v) is 8.85. The maximum Gasteiger partial charge on any atom is 0.317 e. The van der Waals surface area contributed by atoms with E-state index in [0.717, 1.165) is 29.8 Å². The van der Waals surface area contributed by atoms with Crippen LogP contribution in [0, 0.1) is 5.41 Å². The quantitative estimate of drug-likeness (QED) is 0.488. The summed E-state index contributed by atoms with van der Waals surface area (Å²) in [6, 6.07) is 2.58. The van der Waals surface area contributed by atoms with E-state index >= 15 is 0 Å². The molecule has 1 unspecified atom stereocenters. The van der Waals surface area contributed by atoms with Gasteiger partial charge in [-0.1, -0.05) is 11.3 Å². The predicted molar refractivity (Wildman–Crippen MR) is 142 cm³/mol. The zero-order valence-electron chi connectivity index (χ0n) is 21.3. The first-order chi connectivity index (χ1) is 18.0. The van der Waals surface area contributed by atoms with Crippen LogP contribution in [-0.2, 0) is 4.79 Å². The number of rotatable bonds is 7. The van der Waals surface area contributed by atoms with Gasteiger partial charge in [0.15, 0.2) is 5.13 Å². The molecule has 11 heteroatoms. The van der Waals surface area contributed by atoms with E-state index in [1.54, 1.807) is 29.7 Å². The zero-order valence-corrected chi connectivity index (χ0v) is 22.1. The average Bonchev–Trinajstić information content (AvgIpc) is 3.50. The molecule has 6 rings (SSSR count). The molecule has 1 amide bonds. The topological polar surface area (TPSA) is 109 Å². The van der Waals surface area contributed by atoms with E-state index < -0.39 is 0 Å². The van der Waals surface area contributed by atoms with Crippen LogP contribution in [0.3, 0.4) is 0 Å². The van der Waals surface area contributed by atoms with Crippen molar-refractivity contribution in [3.8, 4) is 16.6 Å². The molecule has 1 spiro atoms. The fraction of sp³-hybridized carbons (Fsp3) is 0.538. The van der Waals surface area contributed by atoms with Gasteiger partial charge in [-0.15, -0.1) is 0 Å². The number of piperidine rings is 1. The van der Waals surface area contributed by atoms with E-state index in [0.29, 0.717) is 41.2 Å². The molecule has 0 bridgehead atoms. The minimum absolute atomic E-state index is 0.0994. The lowest BCUT2D eigenvalue weighted by atomic mass is 9.85. The number of amides is 1. The molecular weight excluding hydrogens is 488 g/mol. The molecule has 1 aliphatic heterocycles. The van der Waals surface area contributed by atoms with Crippen LogP contribution in [0.5, 0.6) is 6.01 Å². The second-order valence-electron chi connectivity index (χ2n) is 10.6. The molecule has 194 valence electrons. The number of nitrogens with one attached hydrogen (secondary N) is 1. The highest BCUT2D eigenvalue weighted by Gasteiger charge is 2.45. The van der Waals surface area contributed by atoms with Gasteiger partial charge in [0.2, 0.25) is 11.9 Å². The summed E-state index contributed by atoms with van der Waals surface area (Å²) in [5.74, 6) is 0.528. The lowest BCUT2D eigenvalue weighted by Crippen LogP contribution is -2.45. The van der Waals surface area contributed by atoms with Crippen molar-refractivity contribution in [2.45, 2.75) is 63.5 Å². The van der Waals surface area contributed by atoms with E-state index in [4.69, 9.17) is 4.74 Å². The first-order valence-corrected chi connectivity index (χ1v) is 13.8. The summed E-state index contributed by atoms with van der Waals surface area (Å²) < 4.78 is 6.12. The number of hydrogen-bond acceptors (Lipinski definition) is 10. The summed E-state index contributed by atoms with van der Waals surface area (Å²) in [5.41, 5.74) is 2.13. The molecule has 0 radical (unpaired) electrons. The van der Waals surface area contributed by atoms with Gasteiger partial charge < -0.3 is 19.9 Å². The summed E-state index contributed by atoms with van der Waals surface area (Å²) in [5, 5.41) is 3.81. The van der Waals surface area contributed by atoms with Crippen molar-refractivity contribution in [1.29, 1.82) is 0 Å². The van der Waals surface area contributed by atoms with Gasteiger partial charge in [0.25, 0.3) is 0 Å². The predicted octanol–water partition coefficient (Wildman–Crippen LogP) is 4.29. The van der Waals surface area contributed by atoms with Crippen LogP contribution in [0.15, 0.2) is 30.9 Å². The van der Waals surface area contributed by atoms with E-state index in [-0.39, 0.29) is 18.1 Å². The third kappa shape index (κ3) is 5.42. The van der Waals surface area contributed by atoms with E-state index in [9.17, 15) is 4.79 Å². The van der Waals surface area contributed by atoms with Crippen molar-refractivity contribution in [1.82, 2.24) is 29.8 Å². The van der Waals surface area contributed by atoms with Crippen molar-refractivity contribution in [2.75, 3.05) is 30.9 Å². The minimum atomic E-state index is 0.0994. The van der Waals surface area contributed by atoms with Crippen molar-refractivity contribution in [3.05, 3.63) is 30.9 Å². The number of carbonyl (C=O) groups is 1. The van der Waals surface area contributed by atoms with Gasteiger partial charge in [-0.3, -0.25) is 4.79 Å². The van der Waals surface area contributed by atoms with Gasteiger partial charge in [0, 0.05) is 31.4 Å². The number of thiazole rings is 1. The van der Waals surface area contributed by atoms with E-state index in [1.165, 1.54) is 37.0 Å². The Morgan fingerprint density at radius 3 is 2.54 bits per heavy atom. The molecule has 4 heterocycles. The van der Waals surface area contributed by atoms with Gasteiger partial charge in [-0.2, -0.15) is 4.98 Å². The fourth-order valence-corrected chi connectivity index (χ4v) is 6.06. The van der Waals surface area contributed by atoms with Gasteiger partial charge in [0.1, 0.15) is 6.10 Å². The Labute approximate surface area is 220 Å². The molecule has 3 aliphatic rings. The van der Waals surface area contributed by atoms with Gasteiger partial charge in [-0.25, -0.2) is 19.9 Å². The maximum atomic E-state index is 12.6. The Hall–Kier alpha value is -3.18. The molecule has 3 aromatic rings. The van der Waals surface area contributed by atoms with Crippen LogP contribution in [0.1, 0.15) is 51.4 Å². The monoisotopic (exact) mass is 520 g/mol. The van der Waals surface area contributed by atoms with Crippen molar-refractivity contribution < 1.29 is 9.53 Å². The summed E-state index contributed by atoms with van der Waals surface area (Å²) in [7, 11) is 4.02. The highest BCUT2D eigenvalue weighted by Crippen LogP contribution is 2.56. The van der Waals surface area contributed by atoms with Crippen LogP contribution >= 0.6 is 11.3 Å². The molecular formula is C26H32N8O2S. The maximum absolute atomic E-state index is 12.6. The smallest absolute Gasteiger partial charge is 0.317 e. The van der Waals surface area contributed by atoms with Crippen molar-refractivity contribution in [3.63, 3.8) is 0 Å². The normalized spacial score (nSPS) is 21.4. The van der Waals surface area contributed by atoms with Gasteiger partial charge >= 0.3 is 6.01 Å². The molecule has 3 aromatic heterocycles. The fourth-order valence-electron chi connectivity index (χ4n) is 5.28. The van der Waals surface area contributed by atoms with Crippen molar-refractivity contribution >= 4 is 34.0 Å². The van der Waals surface area contributed by atoms with Crippen molar-refractivity contribution in [2.24, 2.45) is 5.41 Å². The van der Waals surface area contributed by atoms with Crippen LogP contribution in [0.25, 0.3) is 10.6 Å². The minimum Gasteiger partial charge on any atom is -0.460 e. The lowest BCUT2D eigenvalue weighted by molar-refractivity contribution is -0.120. The Bertz CT molecular complexity index is 1250. The summed E-state index contributed by atoms with van der Waals surface area (Å²) in [4.78, 5) is 39.6. The Morgan fingerprint density at radius 2 is 1.84 bits per heavy atom. The van der Waals surface area contributed by atoms with Crippen LogP contribution in [-0.4, -0.2) is 68.5 Å². The molecule has 2 saturated carbocycles. The summed E-state index contributed by atoms with van der Waals surface area (Å²) in [6.07, 6.45) is 16.0. The molecule has 37 heavy (non-hydrogen) atoms. The average molecular weight is 521 g/mol. The highest BCUT2D eigenvalue weighted by atomic mass is 32.1. The summed E-state index contributed by atoms with van der Waals surface area (Å²) in [6.45, 7) is 0.666. The first-order valence-electron chi connectivity index (χ1n) is 13.0. The van der Waals surface area contributed by atoms with Crippen LogP contribution in [0.4, 0.5) is 16.8 Å². The zero-order chi connectivity index (χ0) is 25.4. The molecule has 0 aromatic carbocycles. The molecule has 2 aliphatic carbocycles. The van der Waals surface area contributed by atoms with E-state index in [2.05, 4.69) is 35.1 Å². The number of anilines is 3. The Balaban J connectivity index is 1.06. The second-order valence-corrected chi connectivity index (χ2v) is 11.6. The molecule has 10 nitrogen and oxygen atoms in total. The molecule has 1 N–H and O–H groups in total. The lowest BCUT2D eigenvalue weighted by Gasteiger charge is -2.34. The number of hydrogen-bond donors (Lipinski definition) is 1. The largest absolute Gasteiger partial charge is 0.460 e. The first kappa shape index (κ1) is 24.2. The number of ether oxygens (including phenoxy) is 1. The number of nitrogens with zero attached hydrogens (tertiary/aromatic N) is 7.